The Morgan fingerprint density at radius 1 is 1.21 bits per heavy atom. The second kappa shape index (κ2) is 10.3. The Balaban J connectivity index is 1.87. The van der Waals surface area contributed by atoms with Gasteiger partial charge in [0, 0.05) is 35.3 Å². The quantitative estimate of drug-likeness (QED) is 0.392. The smallest absolute Gasteiger partial charge is 0.269 e. The van der Waals surface area contributed by atoms with Crippen molar-refractivity contribution in [3.05, 3.63) is 58.6 Å². The number of nitrogens with zero attached hydrogens (tertiary/aromatic N) is 2. The normalized spacial score (nSPS) is 10.2. The van der Waals surface area contributed by atoms with Crippen LogP contribution in [0.5, 0.6) is 5.75 Å². The molecule has 148 valence electrons. The van der Waals surface area contributed by atoms with Crippen molar-refractivity contribution in [1.29, 1.82) is 0 Å². The molecule has 0 fully saturated rings. The molecule has 0 saturated heterocycles. The van der Waals surface area contributed by atoms with Crippen molar-refractivity contribution in [1.82, 2.24) is 4.90 Å². The van der Waals surface area contributed by atoms with Gasteiger partial charge in [-0.3, -0.25) is 19.7 Å². The molecule has 0 radical (unpaired) electrons. The van der Waals surface area contributed by atoms with E-state index in [-0.39, 0.29) is 29.8 Å². The summed E-state index contributed by atoms with van der Waals surface area (Å²) in [7, 11) is 1.54. The van der Waals surface area contributed by atoms with Crippen LogP contribution in [0.4, 0.5) is 11.4 Å². The number of amides is 2. The van der Waals surface area contributed by atoms with E-state index in [9.17, 15) is 19.7 Å². The minimum absolute atomic E-state index is 0.0000692. The lowest BCUT2D eigenvalue weighted by molar-refractivity contribution is -0.384. The van der Waals surface area contributed by atoms with Crippen molar-refractivity contribution in [3.63, 3.8) is 0 Å². The predicted octanol–water partition coefficient (Wildman–Crippen LogP) is 3.18. The van der Waals surface area contributed by atoms with Crippen LogP contribution in [0.1, 0.15) is 6.92 Å². The lowest BCUT2D eigenvalue weighted by Crippen LogP contribution is -2.38. The van der Waals surface area contributed by atoms with E-state index in [1.54, 1.807) is 50.4 Å². The van der Waals surface area contributed by atoms with Crippen LogP contribution in [0.15, 0.2) is 53.4 Å². The maximum absolute atomic E-state index is 12.4. The molecule has 0 spiro atoms. The molecule has 0 unspecified atom stereocenters. The molecule has 0 aliphatic rings. The highest BCUT2D eigenvalue weighted by molar-refractivity contribution is 8.00. The Hall–Kier alpha value is -3.07. The number of benzene rings is 2. The van der Waals surface area contributed by atoms with E-state index in [1.165, 1.54) is 28.8 Å². The second-order valence-electron chi connectivity index (χ2n) is 5.73. The molecule has 0 aliphatic heterocycles. The summed E-state index contributed by atoms with van der Waals surface area (Å²) in [6.07, 6.45) is 0. The number of rotatable bonds is 9. The van der Waals surface area contributed by atoms with Gasteiger partial charge in [-0.25, -0.2) is 0 Å². The number of carbonyl (C=O) groups is 2. The van der Waals surface area contributed by atoms with Crippen LogP contribution >= 0.6 is 11.8 Å². The van der Waals surface area contributed by atoms with E-state index in [0.717, 1.165) is 4.90 Å². The van der Waals surface area contributed by atoms with Crippen LogP contribution in [0.25, 0.3) is 0 Å². The SMILES string of the molecule is CCN(CC(=O)Nc1cccc(OC)c1)C(=O)CSc1ccc([N+](=O)[O-])cc1. The number of ether oxygens (including phenoxy) is 1. The van der Waals surface area contributed by atoms with E-state index in [0.29, 0.717) is 18.0 Å². The van der Waals surface area contributed by atoms with Crippen LogP contribution in [0, 0.1) is 10.1 Å². The largest absolute Gasteiger partial charge is 0.497 e. The molecular formula is C19H21N3O5S. The Kier molecular flexibility index (Phi) is 7.82. The molecule has 1 N–H and O–H groups in total. The van der Waals surface area contributed by atoms with Crippen molar-refractivity contribution in [2.75, 3.05) is 31.3 Å². The lowest BCUT2D eigenvalue weighted by Gasteiger charge is -2.20. The van der Waals surface area contributed by atoms with Gasteiger partial charge in [0.15, 0.2) is 0 Å². The zero-order chi connectivity index (χ0) is 20.5. The van der Waals surface area contributed by atoms with Gasteiger partial charge in [-0.1, -0.05) is 6.07 Å². The number of carbonyl (C=O) groups excluding carboxylic acids is 2. The topological polar surface area (TPSA) is 102 Å². The first-order chi connectivity index (χ1) is 13.4. The Bertz CT molecular complexity index is 842. The number of non-ortho nitro benzene ring substituents is 1. The third-order valence-corrected chi connectivity index (χ3v) is 4.83. The minimum Gasteiger partial charge on any atom is -0.497 e. The molecule has 0 atom stereocenters. The molecule has 2 aromatic rings. The van der Waals surface area contributed by atoms with Gasteiger partial charge in [-0.15, -0.1) is 11.8 Å². The monoisotopic (exact) mass is 403 g/mol. The molecule has 2 amide bonds. The van der Waals surface area contributed by atoms with E-state index in [4.69, 9.17) is 4.74 Å². The molecule has 0 bridgehead atoms. The number of thioether (sulfide) groups is 1. The maximum Gasteiger partial charge on any atom is 0.269 e. The van der Waals surface area contributed by atoms with Crippen LogP contribution in [-0.2, 0) is 9.59 Å². The third-order valence-electron chi connectivity index (χ3n) is 3.83. The Labute approximate surface area is 167 Å². The van der Waals surface area contributed by atoms with Gasteiger partial charge in [0.25, 0.3) is 5.69 Å². The van der Waals surface area contributed by atoms with Gasteiger partial charge in [0.1, 0.15) is 5.75 Å². The predicted molar refractivity (Wildman–Crippen MR) is 108 cm³/mol. The fourth-order valence-corrected chi connectivity index (χ4v) is 3.15. The molecular weight excluding hydrogens is 382 g/mol. The number of nitro groups is 1. The fraction of sp³-hybridized carbons (Fsp3) is 0.263. The number of anilines is 1. The summed E-state index contributed by atoms with van der Waals surface area (Å²) in [6, 6.07) is 13.0. The summed E-state index contributed by atoms with van der Waals surface area (Å²) in [4.78, 5) is 37.0. The number of hydrogen-bond acceptors (Lipinski definition) is 6. The highest BCUT2D eigenvalue weighted by Crippen LogP contribution is 2.22. The van der Waals surface area contributed by atoms with Crippen LogP contribution in [-0.4, -0.2) is 47.6 Å². The Morgan fingerprint density at radius 2 is 1.93 bits per heavy atom. The molecule has 0 aliphatic carbocycles. The van der Waals surface area contributed by atoms with Crippen molar-refractivity contribution in [2.45, 2.75) is 11.8 Å². The van der Waals surface area contributed by atoms with Crippen LogP contribution in [0.3, 0.4) is 0 Å². The number of methoxy groups -OCH3 is 1. The number of hydrogen-bond donors (Lipinski definition) is 1. The van der Waals surface area contributed by atoms with Crippen LogP contribution < -0.4 is 10.1 Å². The second-order valence-corrected chi connectivity index (χ2v) is 6.78. The summed E-state index contributed by atoms with van der Waals surface area (Å²) in [6.45, 7) is 2.13. The number of nitro benzene ring substituents is 1. The van der Waals surface area contributed by atoms with E-state index >= 15 is 0 Å². The third kappa shape index (κ3) is 6.27. The molecule has 2 aromatic carbocycles. The van der Waals surface area contributed by atoms with Gasteiger partial charge < -0.3 is 15.0 Å². The van der Waals surface area contributed by atoms with E-state index < -0.39 is 4.92 Å². The zero-order valence-corrected chi connectivity index (χ0v) is 16.4. The minimum atomic E-state index is -0.473. The number of nitrogens with one attached hydrogen (secondary N) is 1. The first-order valence-corrected chi connectivity index (χ1v) is 9.50. The van der Waals surface area contributed by atoms with Crippen molar-refractivity contribution < 1.29 is 19.2 Å². The maximum atomic E-state index is 12.4. The highest BCUT2D eigenvalue weighted by Gasteiger charge is 2.16. The highest BCUT2D eigenvalue weighted by atomic mass is 32.2. The average molecular weight is 403 g/mol. The standard InChI is InChI=1S/C19H21N3O5S/c1-3-21(12-18(23)20-14-5-4-6-16(11-14)27-2)19(24)13-28-17-9-7-15(8-10-17)22(25)26/h4-11H,3,12-13H2,1-2H3,(H,20,23). The average Bonchev–Trinajstić information content (AvgIpc) is 2.70. The van der Waals surface area contributed by atoms with Crippen molar-refractivity contribution >= 4 is 35.0 Å². The zero-order valence-electron chi connectivity index (χ0n) is 15.6. The molecule has 0 saturated carbocycles. The first kappa shape index (κ1) is 21.2. The molecule has 0 aromatic heterocycles. The molecule has 8 nitrogen and oxygen atoms in total. The lowest BCUT2D eigenvalue weighted by atomic mass is 10.3. The molecule has 0 heterocycles. The Morgan fingerprint density at radius 3 is 2.54 bits per heavy atom. The molecule has 28 heavy (non-hydrogen) atoms. The van der Waals surface area contributed by atoms with Crippen LogP contribution in [0.2, 0.25) is 0 Å². The summed E-state index contributed by atoms with van der Waals surface area (Å²) in [5, 5.41) is 13.4. The van der Waals surface area contributed by atoms with E-state index in [1.807, 2.05) is 0 Å². The summed E-state index contributed by atoms with van der Waals surface area (Å²) >= 11 is 1.27. The summed E-state index contributed by atoms with van der Waals surface area (Å²) in [5.41, 5.74) is 0.591. The van der Waals surface area contributed by atoms with Gasteiger partial charge in [0.2, 0.25) is 11.8 Å². The number of likely N-dealkylation sites (N-methyl/N-ethyl adjacent to an activating group) is 1. The first-order valence-electron chi connectivity index (χ1n) is 8.52. The summed E-state index contributed by atoms with van der Waals surface area (Å²) < 4.78 is 5.12. The van der Waals surface area contributed by atoms with Gasteiger partial charge in [-0.05, 0) is 31.2 Å². The summed E-state index contributed by atoms with van der Waals surface area (Å²) in [5.74, 6) is 0.272. The van der Waals surface area contributed by atoms with Gasteiger partial charge in [-0.2, -0.15) is 0 Å². The fourth-order valence-electron chi connectivity index (χ4n) is 2.35. The van der Waals surface area contributed by atoms with E-state index in [2.05, 4.69) is 5.32 Å². The molecule has 9 heteroatoms. The van der Waals surface area contributed by atoms with Crippen molar-refractivity contribution in [2.24, 2.45) is 0 Å². The van der Waals surface area contributed by atoms with Gasteiger partial charge >= 0.3 is 0 Å². The van der Waals surface area contributed by atoms with Gasteiger partial charge in [0.05, 0.1) is 24.3 Å². The van der Waals surface area contributed by atoms with Crippen molar-refractivity contribution in [3.8, 4) is 5.75 Å². The molecule has 2 rings (SSSR count).